The molecule has 0 unspecified atom stereocenters. The van der Waals surface area contributed by atoms with E-state index in [9.17, 15) is 9.59 Å². The second-order valence-electron chi connectivity index (χ2n) is 6.89. The van der Waals surface area contributed by atoms with E-state index in [0.717, 1.165) is 30.0 Å². The Bertz CT molecular complexity index is 773. The minimum atomic E-state index is -0.551. The Hall–Kier alpha value is -2.56. The molecule has 0 radical (unpaired) electrons. The van der Waals surface area contributed by atoms with Gasteiger partial charge in [-0.2, -0.15) is 0 Å². The van der Waals surface area contributed by atoms with Crippen molar-refractivity contribution in [1.29, 1.82) is 0 Å². The van der Waals surface area contributed by atoms with Crippen LogP contribution in [-0.4, -0.2) is 31.1 Å². The molecule has 0 bridgehead atoms. The second-order valence-corrected chi connectivity index (χ2v) is 6.89. The standard InChI is InChI=1S/C21H25NO4/c1-15-6-2-5-9-19(15)22-20(23)13-26-21(24)14-25-18-11-10-16-7-3-4-8-17(16)12-18/h3-4,7-8,10-12,15,19H,2,5-6,9,13-14H2,1H3,(H,22,23)/t15-,19-/m0/s1. The van der Waals surface area contributed by atoms with Crippen LogP contribution < -0.4 is 10.1 Å². The number of rotatable bonds is 6. The number of amides is 1. The monoisotopic (exact) mass is 355 g/mol. The molecule has 2 aromatic carbocycles. The Balaban J connectivity index is 1.41. The van der Waals surface area contributed by atoms with Crippen LogP contribution in [0.15, 0.2) is 42.5 Å². The summed E-state index contributed by atoms with van der Waals surface area (Å²) in [5.74, 6) is 0.272. The summed E-state index contributed by atoms with van der Waals surface area (Å²) >= 11 is 0. The Morgan fingerprint density at radius 3 is 2.62 bits per heavy atom. The van der Waals surface area contributed by atoms with Crippen LogP contribution in [0.3, 0.4) is 0 Å². The molecule has 1 N–H and O–H groups in total. The number of nitrogens with one attached hydrogen (secondary N) is 1. The molecule has 1 saturated carbocycles. The Labute approximate surface area is 153 Å². The third kappa shape index (κ3) is 4.97. The van der Waals surface area contributed by atoms with E-state index < -0.39 is 5.97 Å². The molecule has 1 fully saturated rings. The van der Waals surface area contributed by atoms with Crippen LogP contribution in [0.5, 0.6) is 5.75 Å². The van der Waals surface area contributed by atoms with Gasteiger partial charge in [0, 0.05) is 6.04 Å². The summed E-state index contributed by atoms with van der Waals surface area (Å²) in [5.41, 5.74) is 0. The molecule has 2 aromatic rings. The Morgan fingerprint density at radius 2 is 1.81 bits per heavy atom. The van der Waals surface area contributed by atoms with Gasteiger partial charge in [0.25, 0.3) is 5.91 Å². The number of ether oxygens (including phenoxy) is 2. The molecule has 0 aromatic heterocycles. The molecule has 0 aliphatic heterocycles. The van der Waals surface area contributed by atoms with E-state index in [4.69, 9.17) is 9.47 Å². The number of hydrogen-bond acceptors (Lipinski definition) is 4. The van der Waals surface area contributed by atoms with Gasteiger partial charge in [-0.05, 0) is 41.7 Å². The number of carbonyl (C=O) groups is 2. The van der Waals surface area contributed by atoms with Crippen molar-refractivity contribution in [2.45, 2.75) is 38.6 Å². The van der Waals surface area contributed by atoms with Crippen LogP contribution in [0, 0.1) is 5.92 Å². The summed E-state index contributed by atoms with van der Waals surface area (Å²) in [5, 5.41) is 5.11. The highest BCUT2D eigenvalue weighted by molar-refractivity contribution is 5.84. The third-order valence-electron chi connectivity index (χ3n) is 4.90. The number of benzene rings is 2. The molecule has 1 amide bonds. The number of esters is 1. The molecule has 2 atom stereocenters. The molecule has 1 aliphatic rings. The molecule has 3 rings (SSSR count). The van der Waals surface area contributed by atoms with Crippen LogP contribution in [0.1, 0.15) is 32.6 Å². The van der Waals surface area contributed by atoms with Crippen LogP contribution in [0.25, 0.3) is 10.8 Å². The van der Waals surface area contributed by atoms with Gasteiger partial charge in [-0.25, -0.2) is 4.79 Å². The highest BCUT2D eigenvalue weighted by atomic mass is 16.6. The van der Waals surface area contributed by atoms with Crippen molar-refractivity contribution in [3.63, 3.8) is 0 Å². The fraction of sp³-hybridized carbons (Fsp3) is 0.429. The third-order valence-corrected chi connectivity index (χ3v) is 4.90. The normalized spacial score (nSPS) is 19.7. The van der Waals surface area contributed by atoms with Gasteiger partial charge in [-0.1, -0.05) is 50.1 Å². The molecule has 138 valence electrons. The van der Waals surface area contributed by atoms with Gasteiger partial charge in [0.1, 0.15) is 5.75 Å². The molecule has 1 aliphatic carbocycles. The predicted octanol–water partition coefficient (Wildman–Crippen LogP) is 3.46. The molecular weight excluding hydrogens is 330 g/mol. The molecule has 5 nitrogen and oxygen atoms in total. The van der Waals surface area contributed by atoms with Crippen molar-refractivity contribution >= 4 is 22.6 Å². The van der Waals surface area contributed by atoms with E-state index in [2.05, 4.69) is 12.2 Å². The van der Waals surface area contributed by atoms with Gasteiger partial charge in [0.2, 0.25) is 0 Å². The molecule has 0 saturated heterocycles. The van der Waals surface area contributed by atoms with Crippen molar-refractivity contribution in [1.82, 2.24) is 5.32 Å². The zero-order valence-corrected chi connectivity index (χ0v) is 15.1. The molecular formula is C21H25NO4. The summed E-state index contributed by atoms with van der Waals surface area (Å²) in [6, 6.07) is 13.7. The average Bonchev–Trinajstić information content (AvgIpc) is 2.66. The lowest BCUT2D eigenvalue weighted by atomic mass is 9.86. The molecule has 5 heteroatoms. The zero-order valence-electron chi connectivity index (χ0n) is 15.1. The van der Waals surface area contributed by atoms with Gasteiger partial charge < -0.3 is 14.8 Å². The van der Waals surface area contributed by atoms with E-state index in [-0.39, 0.29) is 25.2 Å². The molecule has 26 heavy (non-hydrogen) atoms. The van der Waals surface area contributed by atoms with E-state index in [1.807, 2.05) is 42.5 Å². The first-order valence-electron chi connectivity index (χ1n) is 9.18. The Morgan fingerprint density at radius 1 is 1.04 bits per heavy atom. The molecule has 0 heterocycles. The van der Waals surface area contributed by atoms with Gasteiger partial charge >= 0.3 is 5.97 Å². The second kappa shape index (κ2) is 8.70. The number of hydrogen-bond donors (Lipinski definition) is 1. The highest BCUT2D eigenvalue weighted by Gasteiger charge is 2.23. The summed E-state index contributed by atoms with van der Waals surface area (Å²) in [4.78, 5) is 23.8. The lowest BCUT2D eigenvalue weighted by molar-refractivity contribution is -0.150. The topological polar surface area (TPSA) is 64.6 Å². The molecule has 0 spiro atoms. The van der Waals surface area contributed by atoms with Gasteiger partial charge in [0.15, 0.2) is 13.2 Å². The maximum Gasteiger partial charge on any atom is 0.344 e. The van der Waals surface area contributed by atoms with Crippen molar-refractivity contribution in [2.24, 2.45) is 5.92 Å². The maximum absolute atomic E-state index is 12.0. The summed E-state index contributed by atoms with van der Waals surface area (Å²) in [6.07, 6.45) is 4.47. The van der Waals surface area contributed by atoms with E-state index in [1.54, 1.807) is 0 Å². The van der Waals surface area contributed by atoms with Crippen LogP contribution in [0.2, 0.25) is 0 Å². The van der Waals surface area contributed by atoms with Gasteiger partial charge in [-0.15, -0.1) is 0 Å². The summed E-state index contributed by atoms with van der Waals surface area (Å²) in [7, 11) is 0. The van der Waals surface area contributed by atoms with Crippen LogP contribution in [0.4, 0.5) is 0 Å². The van der Waals surface area contributed by atoms with Crippen molar-refractivity contribution in [3.8, 4) is 5.75 Å². The maximum atomic E-state index is 12.0. The SMILES string of the molecule is C[C@H]1CCCC[C@@H]1NC(=O)COC(=O)COc1ccc2ccccc2c1. The van der Waals surface area contributed by atoms with Crippen molar-refractivity contribution in [3.05, 3.63) is 42.5 Å². The van der Waals surface area contributed by atoms with E-state index in [0.29, 0.717) is 11.7 Å². The summed E-state index contributed by atoms with van der Waals surface area (Å²) < 4.78 is 10.5. The smallest absolute Gasteiger partial charge is 0.344 e. The first kappa shape index (κ1) is 18.2. The minimum Gasteiger partial charge on any atom is -0.482 e. The Kier molecular flexibility index (Phi) is 6.10. The number of carbonyl (C=O) groups excluding carboxylic acids is 2. The fourth-order valence-electron chi connectivity index (χ4n) is 3.37. The quantitative estimate of drug-likeness (QED) is 0.806. The minimum absolute atomic E-state index is 0.184. The van der Waals surface area contributed by atoms with Crippen LogP contribution >= 0.6 is 0 Å². The van der Waals surface area contributed by atoms with Crippen molar-refractivity contribution in [2.75, 3.05) is 13.2 Å². The average molecular weight is 355 g/mol. The highest BCUT2D eigenvalue weighted by Crippen LogP contribution is 2.23. The van der Waals surface area contributed by atoms with Crippen molar-refractivity contribution < 1.29 is 19.1 Å². The zero-order chi connectivity index (χ0) is 18.4. The fourth-order valence-corrected chi connectivity index (χ4v) is 3.37. The van der Waals surface area contributed by atoms with Crippen LogP contribution in [-0.2, 0) is 14.3 Å². The largest absolute Gasteiger partial charge is 0.482 e. The van der Waals surface area contributed by atoms with Gasteiger partial charge in [-0.3, -0.25) is 4.79 Å². The van der Waals surface area contributed by atoms with E-state index >= 15 is 0 Å². The predicted molar refractivity (Wildman–Crippen MR) is 100.0 cm³/mol. The number of fused-ring (bicyclic) bond motifs is 1. The first-order chi connectivity index (χ1) is 12.6. The van der Waals surface area contributed by atoms with E-state index in [1.165, 1.54) is 6.42 Å². The first-order valence-corrected chi connectivity index (χ1v) is 9.18. The lowest BCUT2D eigenvalue weighted by Gasteiger charge is -2.29. The lowest BCUT2D eigenvalue weighted by Crippen LogP contribution is -2.43. The summed E-state index contributed by atoms with van der Waals surface area (Å²) in [6.45, 7) is 1.67. The van der Waals surface area contributed by atoms with Gasteiger partial charge in [0.05, 0.1) is 0 Å².